The zero-order valence-electron chi connectivity index (χ0n) is 9.04. The maximum Gasteiger partial charge on any atom is 0.224 e. The standard InChI is InChI=1S/C11H10ClFN4/c1-14-11-15-5-4-10(17-11)16-9-3-2-7(12)6-8(9)13/h2-6H,1H3,(H2,14,15,16,17). The van der Waals surface area contributed by atoms with Gasteiger partial charge in [0.1, 0.15) is 11.6 Å². The Morgan fingerprint density at radius 2 is 2.12 bits per heavy atom. The predicted molar refractivity (Wildman–Crippen MR) is 66.3 cm³/mol. The number of hydrogen-bond acceptors (Lipinski definition) is 4. The van der Waals surface area contributed by atoms with Gasteiger partial charge in [0, 0.05) is 18.3 Å². The van der Waals surface area contributed by atoms with Crippen molar-refractivity contribution in [3.05, 3.63) is 41.3 Å². The molecule has 17 heavy (non-hydrogen) atoms. The maximum absolute atomic E-state index is 13.5. The van der Waals surface area contributed by atoms with Crippen molar-refractivity contribution >= 4 is 29.1 Å². The van der Waals surface area contributed by atoms with E-state index in [0.29, 0.717) is 22.5 Å². The summed E-state index contributed by atoms with van der Waals surface area (Å²) >= 11 is 5.66. The van der Waals surface area contributed by atoms with Crippen molar-refractivity contribution in [3.63, 3.8) is 0 Å². The zero-order valence-corrected chi connectivity index (χ0v) is 9.79. The topological polar surface area (TPSA) is 49.8 Å². The van der Waals surface area contributed by atoms with Crippen LogP contribution < -0.4 is 10.6 Å². The molecule has 0 amide bonds. The molecule has 0 bridgehead atoms. The van der Waals surface area contributed by atoms with Crippen molar-refractivity contribution in [2.24, 2.45) is 0 Å². The molecule has 1 aromatic carbocycles. The molecule has 0 aliphatic heterocycles. The molecule has 0 fully saturated rings. The third-order valence-corrected chi connectivity index (χ3v) is 2.31. The lowest BCUT2D eigenvalue weighted by molar-refractivity contribution is 0.632. The number of aromatic nitrogens is 2. The summed E-state index contributed by atoms with van der Waals surface area (Å²) in [5, 5.41) is 6.00. The minimum absolute atomic E-state index is 0.315. The third-order valence-electron chi connectivity index (χ3n) is 2.07. The van der Waals surface area contributed by atoms with Gasteiger partial charge < -0.3 is 10.6 Å². The molecule has 6 heteroatoms. The van der Waals surface area contributed by atoms with Gasteiger partial charge in [-0.1, -0.05) is 11.6 Å². The highest BCUT2D eigenvalue weighted by atomic mass is 35.5. The summed E-state index contributed by atoms with van der Waals surface area (Å²) < 4.78 is 13.5. The van der Waals surface area contributed by atoms with Crippen LogP contribution in [0.2, 0.25) is 5.02 Å². The van der Waals surface area contributed by atoms with Crippen molar-refractivity contribution in [2.45, 2.75) is 0 Å². The number of benzene rings is 1. The van der Waals surface area contributed by atoms with Crippen molar-refractivity contribution in [2.75, 3.05) is 17.7 Å². The van der Waals surface area contributed by atoms with E-state index >= 15 is 0 Å². The SMILES string of the molecule is CNc1nccc(Nc2ccc(Cl)cc2F)n1. The summed E-state index contributed by atoms with van der Waals surface area (Å²) in [6.07, 6.45) is 1.58. The van der Waals surface area contributed by atoms with E-state index in [1.165, 1.54) is 6.07 Å². The fourth-order valence-corrected chi connectivity index (χ4v) is 1.44. The second kappa shape index (κ2) is 4.97. The van der Waals surface area contributed by atoms with Gasteiger partial charge in [0.15, 0.2) is 0 Å². The molecule has 2 rings (SSSR count). The van der Waals surface area contributed by atoms with Gasteiger partial charge in [-0.15, -0.1) is 0 Å². The Kier molecular flexibility index (Phi) is 3.39. The largest absolute Gasteiger partial charge is 0.357 e. The van der Waals surface area contributed by atoms with Crippen LogP contribution in [0, 0.1) is 5.82 Å². The molecule has 2 N–H and O–H groups in total. The van der Waals surface area contributed by atoms with Crippen LogP contribution in [0.15, 0.2) is 30.5 Å². The Morgan fingerprint density at radius 1 is 1.29 bits per heavy atom. The van der Waals surface area contributed by atoms with E-state index < -0.39 is 5.82 Å². The maximum atomic E-state index is 13.5. The summed E-state index contributed by atoms with van der Waals surface area (Å²) in [6, 6.07) is 6.05. The van der Waals surface area contributed by atoms with E-state index in [1.807, 2.05) is 0 Å². The number of nitrogens with one attached hydrogen (secondary N) is 2. The molecule has 0 radical (unpaired) electrons. The first kappa shape index (κ1) is 11.6. The highest BCUT2D eigenvalue weighted by Crippen LogP contribution is 2.22. The molecular weight excluding hydrogens is 243 g/mol. The van der Waals surface area contributed by atoms with Crippen LogP contribution in [0.5, 0.6) is 0 Å². The van der Waals surface area contributed by atoms with Crippen molar-refractivity contribution in [3.8, 4) is 0 Å². The van der Waals surface area contributed by atoms with E-state index in [-0.39, 0.29) is 0 Å². The molecule has 0 unspecified atom stereocenters. The quantitative estimate of drug-likeness (QED) is 0.882. The number of hydrogen-bond donors (Lipinski definition) is 2. The van der Waals surface area contributed by atoms with Gasteiger partial charge in [-0.25, -0.2) is 9.37 Å². The first-order chi connectivity index (χ1) is 8.19. The Morgan fingerprint density at radius 3 is 2.82 bits per heavy atom. The average Bonchev–Trinajstić information content (AvgIpc) is 2.33. The number of halogens is 2. The highest BCUT2D eigenvalue weighted by molar-refractivity contribution is 6.30. The second-order valence-corrected chi connectivity index (χ2v) is 3.70. The van der Waals surface area contributed by atoms with E-state index in [9.17, 15) is 4.39 Å². The number of rotatable bonds is 3. The molecule has 0 aliphatic carbocycles. The lowest BCUT2D eigenvalue weighted by Crippen LogP contribution is -2.00. The lowest BCUT2D eigenvalue weighted by atomic mass is 10.3. The fraction of sp³-hybridized carbons (Fsp3) is 0.0909. The van der Waals surface area contributed by atoms with Gasteiger partial charge in [-0.05, 0) is 24.3 Å². The van der Waals surface area contributed by atoms with Crippen molar-refractivity contribution in [1.82, 2.24) is 9.97 Å². The van der Waals surface area contributed by atoms with Gasteiger partial charge in [-0.2, -0.15) is 4.98 Å². The molecule has 1 aromatic heterocycles. The summed E-state index contributed by atoms with van der Waals surface area (Å²) in [5.74, 6) is 0.539. The highest BCUT2D eigenvalue weighted by Gasteiger charge is 2.04. The van der Waals surface area contributed by atoms with Gasteiger partial charge in [0.25, 0.3) is 0 Å². The van der Waals surface area contributed by atoms with Gasteiger partial charge in [0.2, 0.25) is 5.95 Å². The zero-order chi connectivity index (χ0) is 12.3. The molecule has 1 heterocycles. The number of nitrogens with zero attached hydrogens (tertiary/aromatic N) is 2. The molecule has 2 aromatic rings. The minimum atomic E-state index is -0.429. The molecular formula is C11H10ClFN4. The molecule has 0 aliphatic rings. The van der Waals surface area contributed by atoms with Crippen molar-refractivity contribution < 1.29 is 4.39 Å². The normalized spacial score (nSPS) is 10.1. The first-order valence-electron chi connectivity index (χ1n) is 4.92. The van der Waals surface area contributed by atoms with Crippen LogP contribution in [0.25, 0.3) is 0 Å². The van der Waals surface area contributed by atoms with E-state index in [4.69, 9.17) is 11.6 Å². The Balaban J connectivity index is 2.25. The summed E-state index contributed by atoms with van der Waals surface area (Å²) in [7, 11) is 1.71. The van der Waals surface area contributed by atoms with Crippen LogP contribution in [-0.2, 0) is 0 Å². The van der Waals surface area contributed by atoms with Crippen LogP contribution in [0.3, 0.4) is 0 Å². The van der Waals surface area contributed by atoms with Gasteiger partial charge in [-0.3, -0.25) is 0 Å². The molecule has 4 nitrogen and oxygen atoms in total. The van der Waals surface area contributed by atoms with Crippen LogP contribution >= 0.6 is 11.6 Å². The average molecular weight is 253 g/mol. The van der Waals surface area contributed by atoms with E-state index in [1.54, 1.807) is 31.4 Å². The summed E-state index contributed by atoms with van der Waals surface area (Å²) in [5.41, 5.74) is 0.315. The van der Waals surface area contributed by atoms with E-state index in [2.05, 4.69) is 20.6 Å². The fourth-order valence-electron chi connectivity index (χ4n) is 1.28. The van der Waals surface area contributed by atoms with Crippen LogP contribution in [-0.4, -0.2) is 17.0 Å². The second-order valence-electron chi connectivity index (χ2n) is 3.26. The monoisotopic (exact) mass is 252 g/mol. The smallest absolute Gasteiger partial charge is 0.224 e. The van der Waals surface area contributed by atoms with E-state index in [0.717, 1.165) is 0 Å². The predicted octanol–water partition coefficient (Wildman–Crippen LogP) is 3.05. The lowest BCUT2D eigenvalue weighted by Gasteiger charge is -2.07. The molecule has 0 atom stereocenters. The summed E-state index contributed by atoms with van der Waals surface area (Å²) in [4.78, 5) is 8.08. The minimum Gasteiger partial charge on any atom is -0.357 e. The Hall–Kier alpha value is -1.88. The van der Waals surface area contributed by atoms with Crippen molar-refractivity contribution in [1.29, 1.82) is 0 Å². The van der Waals surface area contributed by atoms with Gasteiger partial charge in [0.05, 0.1) is 5.69 Å². The number of anilines is 3. The van der Waals surface area contributed by atoms with Crippen LogP contribution in [0.4, 0.5) is 21.8 Å². The molecule has 88 valence electrons. The Bertz CT molecular complexity index is 533. The summed E-state index contributed by atoms with van der Waals surface area (Å²) in [6.45, 7) is 0. The Labute approximate surface area is 103 Å². The molecule has 0 saturated heterocycles. The molecule has 0 spiro atoms. The van der Waals surface area contributed by atoms with Crippen LogP contribution in [0.1, 0.15) is 0 Å². The molecule has 0 saturated carbocycles. The van der Waals surface area contributed by atoms with Gasteiger partial charge >= 0.3 is 0 Å². The first-order valence-corrected chi connectivity index (χ1v) is 5.29. The third kappa shape index (κ3) is 2.82.